The van der Waals surface area contributed by atoms with Crippen LogP contribution in [-0.4, -0.2) is 37.8 Å². The lowest BCUT2D eigenvalue weighted by Gasteiger charge is -2.25. The van der Waals surface area contributed by atoms with Gasteiger partial charge in [-0.25, -0.2) is 0 Å². The highest BCUT2D eigenvalue weighted by Crippen LogP contribution is 2.18. The van der Waals surface area contributed by atoms with Crippen molar-refractivity contribution in [2.45, 2.75) is 44.8 Å². The quantitative estimate of drug-likeness (QED) is 0.678. The van der Waals surface area contributed by atoms with E-state index in [0.29, 0.717) is 6.04 Å². The number of methoxy groups -OCH3 is 1. The van der Waals surface area contributed by atoms with E-state index in [1.165, 1.54) is 18.6 Å². The van der Waals surface area contributed by atoms with Crippen molar-refractivity contribution in [3.8, 4) is 0 Å². The van der Waals surface area contributed by atoms with E-state index in [1.54, 1.807) is 7.11 Å². The van der Waals surface area contributed by atoms with Gasteiger partial charge >= 0.3 is 0 Å². The molecule has 1 atom stereocenters. The Balaban J connectivity index is 3.71. The molecule has 0 spiro atoms. The van der Waals surface area contributed by atoms with E-state index >= 15 is 0 Å². The van der Waals surface area contributed by atoms with Gasteiger partial charge in [-0.2, -0.15) is 11.8 Å². The van der Waals surface area contributed by atoms with Gasteiger partial charge in [-0.3, -0.25) is 0 Å². The Bertz CT molecular complexity index is 139. The van der Waals surface area contributed by atoms with Crippen LogP contribution < -0.4 is 5.32 Å². The lowest BCUT2D eigenvalue weighted by Crippen LogP contribution is -2.30. The molecule has 0 aliphatic rings. The van der Waals surface area contributed by atoms with Crippen molar-refractivity contribution in [2.75, 3.05) is 26.2 Å². The van der Waals surface area contributed by atoms with Crippen LogP contribution in [0.4, 0.5) is 0 Å². The van der Waals surface area contributed by atoms with Crippen molar-refractivity contribution in [3.05, 3.63) is 0 Å². The molecule has 3 heteroatoms. The minimum absolute atomic E-state index is 0.0223. The van der Waals surface area contributed by atoms with E-state index in [1.807, 2.05) is 18.8 Å². The molecule has 0 aromatic rings. The van der Waals surface area contributed by atoms with Crippen molar-refractivity contribution >= 4 is 11.8 Å². The van der Waals surface area contributed by atoms with Crippen molar-refractivity contribution < 1.29 is 4.74 Å². The summed E-state index contributed by atoms with van der Waals surface area (Å²) >= 11 is 1.91. The molecule has 0 saturated heterocycles. The molecule has 1 N–H and O–H groups in total. The molecule has 86 valence electrons. The predicted octanol–water partition coefficient (Wildman–Crippen LogP) is 2.53. The second kappa shape index (κ2) is 7.55. The lowest BCUT2D eigenvalue weighted by atomic mass is 9.98. The molecule has 0 aliphatic carbocycles. The van der Waals surface area contributed by atoms with Crippen LogP contribution in [0.1, 0.15) is 33.1 Å². The summed E-state index contributed by atoms with van der Waals surface area (Å²) in [7, 11) is 3.83. The molecule has 0 aromatic heterocycles. The largest absolute Gasteiger partial charge is 0.379 e. The summed E-state index contributed by atoms with van der Waals surface area (Å²) in [5, 5.41) is 3.36. The normalized spacial score (nSPS) is 14.4. The first-order valence-corrected chi connectivity index (χ1v) is 6.66. The summed E-state index contributed by atoms with van der Waals surface area (Å²) in [6, 6.07) is 0.636. The first-order chi connectivity index (χ1) is 6.55. The Morgan fingerprint density at radius 1 is 1.36 bits per heavy atom. The Morgan fingerprint density at radius 2 is 2.00 bits per heavy atom. The number of ether oxygens (including phenoxy) is 1. The summed E-state index contributed by atoms with van der Waals surface area (Å²) in [4.78, 5) is 0. The van der Waals surface area contributed by atoms with Gasteiger partial charge in [-0.1, -0.05) is 0 Å². The maximum Gasteiger partial charge on any atom is 0.0623 e. The van der Waals surface area contributed by atoms with Gasteiger partial charge in [0.25, 0.3) is 0 Å². The van der Waals surface area contributed by atoms with E-state index in [9.17, 15) is 0 Å². The minimum Gasteiger partial charge on any atom is -0.379 e. The molecule has 0 saturated carbocycles. The SMILES string of the molecule is CNC(CCSC)CCC(C)(C)OC. The second-order valence-electron chi connectivity index (χ2n) is 4.27. The highest BCUT2D eigenvalue weighted by molar-refractivity contribution is 7.98. The molecule has 14 heavy (non-hydrogen) atoms. The number of thioether (sulfide) groups is 1. The van der Waals surface area contributed by atoms with Crippen LogP contribution in [-0.2, 0) is 4.74 Å². The van der Waals surface area contributed by atoms with E-state index in [0.717, 1.165) is 6.42 Å². The van der Waals surface area contributed by atoms with Gasteiger partial charge in [-0.15, -0.1) is 0 Å². The third kappa shape index (κ3) is 6.68. The molecule has 1 unspecified atom stereocenters. The average molecular weight is 219 g/mol. The maximum atomic E-state index is 5.40. The molecule has 0 aromatic carbocycles. The molecule has 0 rings (SSSR count). The Morgan fingerprint density at radius 3 is 2.43 bits per heavy atom. The monoisotopic (exact) mass is 219 g/mol. The molecule has 0 radical (unpaired) electrons. The Kier molecular flexibility index (Phi) is 7.69. The summed E-state index contributed by atoms with van der Waals surface area (Å²) < 4.78 is 5.40. The van der Waals surface area contributed by atoms with E-state index < -0.39 is 0 Å². The molecule has 0 fully saturated rings. The van der Waals surface area contributed by atoms with Crippen molar-refractivity contribution in [1.82, 2.24) is 5.32 Å². The highest BCUT2D eigenvalue weighted by atomic mass is 32.2. The fraction of sp³-hybridized carbons (Fsp3) is 1.00. The number of nitrogens with one attached hydrogen (secondary N) is 1. The summed E-state index contributed by atoms with van der Waals surface area (Å²) in [5.74, 6) is 1.24. The van der Waals surface area contributed by atoms with Gasteiger partial charge < -0.3 is 10.1 Å². The summed E-state index contributed by atoms with van der Waals surface area (Å²) in [5.41, 5.74) is 0.0223. The smallest absolute Gasteiger partial charge is 0.0623 e. The standard InChI is InChI=1S/C11H25NOS/c1-11(2,13-4)8-6-10(12-3)7-9-14-5/h10,12H,6-9H2,1-5H3. The van der Waals surface area contributed by atoms with Gasteiger partial charge in [0.15, 0.2) is 0 Å². The van der Waals surface area contributed by atoms with Crippen LogP contribution in [0.3, 0.4) is 0 Å². The number of hydrogen-bond donors (Lipinski definition) is 1. The van der Waals surface area contributed by atoms with Crippen molar-refractivity contribution in [2.24, 2.45) is 0 Å². The molecule has 0 amide bonds. The van der Waals surface area contributed by atoms with E-state index in [2.05, 4.69) is 25.4 Å². The second-order valence-corrected chi connectivity index (χ2v) is 5.26. The van der Waals surface area contributed by atoms with Crippen LogP contribution in [0.25, 0.3) is 0 Å². The fourth-order valence-electron chi connectivity index (χ4n) is 1.32. The third-order valence-corrected chi connectivity index (χ3v) is 3.37. The van der Waals surface area contributed by atoms with E-state index in [-0.39, 0.29) is 5.60 Å². The van der Waals surface area contributed by atoms with Gasteiger partial charge in [0, 0.05) is 13.2 Å². The highest BCUT2D eigenvalue weighted by Gasteiger charge is 2.18. The Hall–Kier alpha value is 0.270. The van der Waals surface area contributed by atoms with Crippen LogP contribution in [0.2, 0.25) is 0 Å². The summed E-state index contributed by atoms with van der Waals surface area (Å²) in [6.07, 6.45) is 5.71. The first kappa shape index (κ1) is 14.3. The van der Waals surface area contributed by atoms with Gasteiger partial charge in [0.05, 0.1) is 5.60 Å². The molecule has 0 heterocycles. The molecule has 0 bridgehead atoms. The van der Waals surface area contributed by atoms with Crippen LogP contribution >= 0.6 is 11.8 Å². The van der Waals surface area contributed by atoms with Crippen molar-refractivity contribution in [3.63, 3.8) is 0 Å². The zero-order chi connectivity index (χ0) is 11.0. The molecular weight excluding hydrogens is 194 g/mol. The van der Waals surface area contributed by atoms with Crippen LogP contribution in [0.5, 0.6) is 0 Å². The van der Waals surface area contributed by atoms with Crippen LogP contribution in [0, 0.1) is 0 Å². The van der Waals surface area contributed by atoms with Crippen molar-refractivity contribution in [1.29, 1.82) is 0 Å². The third-order valence-electron chi connectivity index (χ3n) is 2.73. The predicted molar refractivity (Wildman–Crippen MR) is 66.2 cm³/mol. The van der Waals surface area contributed by atoms with Gasteiger partial charge in [-0.05, 0) is 52.2 Å². The van der Waals surface area contributed by atoms with Gasteiger partial charge in [0.1, 0.15) is 0 Å². The first-order valence-electron chi connectivity index (χ1n) is 5.27. The van der Waals surface area contributed by atoms with E-state index in [4.69, 9.17) is 4.74 Å². The fourth-order valence-corrected chi connectivity index (χ4v) is 1.84. The minimum atomic E-state index is 0.0223. The van der Waals surface area contributed by atoms with Crippen LogP contribution in [0.15, 0.2) is 0 Å². The summed E-state index contributed by atoms with van der Waals surface area (Å²) in [6.45, 7) is 4.29. The zero-order valence-corrected chi connectivity index (χ0v) is 11.0. The maximum absolute atomic E-state index is 5.40. The lowest BCUT2D eigenvalue weighted by molar-refractivity contribution is 0.0118. The average Bonchev–Trinajstić information content (AvgIpc) is 2.18. The Labute approximate surface area is 93.2 Å². The molecular formula is C11H25NOS. The number of rotatable bonds is 8. The molecule has 2 nitrogen and oxygen atoms in total. The molecule has 0 aliphatic heterocycles. The topological polar surface area (TPSA) is 21.3 Å². The number of hydrogen-bond acceptors (Lipinski definition) is 3. The van der Waals surface area contributed by atoms with Gasteiger partial charge in [0.2, 0.25) is 0 Å². The zero-order valence-electron chi connectivity index (χ0n) is 10.2.